The summed E-state index contributed by atoms with van der Waals surface area (Å²) >= 11 is 0. The minimum absolute atomic E-state index is 0.453. The second-order valence-electron chi connectivity index (χ2n) is 4.90. The highest BCUT2D eigenvalue weighted by atomic mass is 15.3. The Morgan fingerprint density at radius 3 is 3.00 bits per heavy atom. The molecule has 2 rings (SSSR count). The first kappa shape index (κ1) is 11.6. The predicted octanol–water partition coefficient (Wildman–Crippen LogP) is 1.26. The number of aromatic nitrogens is 2. The molecule has 90 valence electrons. The quantitative estimate of drug-likeness (QED) is 0.836. The third kappa shape index (κ3) is 2.62. The van der Waals surface area contributed by atoms with Crippen LogP contribution < -0.4 is 5.32 Å². The topological polar surface area (TPSA) is 33.1 Å². The monoisotopic (exact) mass is 222 g/mol. The summed E-state index contributed by atoms with van der Waals surface area (Å²) in [6.07, 6.45) is 2.08. The Morgan fingerprint density at radius 2 is 2.38 bits per heavy atom. The lowest BCUT2D eigenvalue weighted by atomic mass is 10.2. The van der Waals surface area contributed by atoms with Crippen LogP contribution in [0.1, 0.15) is 32.5 Å². The molecule has 0 unspecified atom stereocenters. The predicted molar refractivity (Wildman–Crippen MR) is 65.4 cm³/mol. The fourth-order valence-corrected chi connectivity index (χ4v) is 2.08. The molecule has 1 atom stereocenters. The molecular weight excluding hydrogens is 200 g/mol. The van der Waals surface area contributed by atoms with Crippen LogP contribution in [0.5, 0.6) is 0 Å². The SMILES string of the molecule is CC(C)n1ccc(CN2CCNC[C@@H]2C)n1. The van der Waals surface area contributed by atoms with Gasteiger partial charge in [0.1, 0.15) is 0 Å². The van der Waals surface area contributed by atoms with Gasteiger partial charge in [-0.05, 0) is 26.8 Å². The van der Waals surface area contributed by atoms with Crippen LogP contribution in [-0.4, -0.2) is 40.4 Å². The normalized spacial score (nSPS) is 22.9. The van der Waals surface area contributed by atoms with Gasteiger partial charge in [-0.25, -0.2) is 0 Å². The number of nitrogens with zero attached hydrogens (tertiary/aromatic N) is 3. The van der Waals surface area contributed by atoms with Crippen molar-refractivity contribution in [3.05, 3.63) is 18.0 Å². The maximum absolute atomic E-state index is 4.59. The van der Waals surface area contributed by atoms with Gasteiger partial charge in [0, 0.05) is 44.5 Å². The second-order valence-corrected chi connectivity index (χ2v) is 4.90. The molecule has 0 radical (unpaired) electrons. The molecule has 1 saturated heterocycles. The summed E-state index contributed by atoms with van der Waals surface area (Å²) in [5.74, 6) is 0. The Labute approximate surface area is 97.6 Å². The molecule has 0 bridgehead atoms. The number of hydrogen-bond donors (Lipinski definition) is 1. The summed E-state index contributed by atoms with van der Waals surface area (Å²) in [6, 6.07) is 3.20. The lowest BCUT2D eigenvalue weighted by Crippen LogP contribution is -2.49. The first-order chi connectivity index (χ1) is 7.66. The highest BCUT2D eigenvalue weighted by molar-refractivity contribution is 5.00. The fraction of sp³-hybridized carbons (Fsp3) is 0.750. The highest BCUT2D eigenvalue weighted by Gasteiger charge is 2.18. The molecule has 0 aliphatic carbocycles. The Balaban J connectivity index is 1.97. The molecule has 0 saturated carbocycles. The molecule has 1 aliphatic heterocycles. The number of rotatable bonds is 3. The van der Waals surface area contributed by atoms with E-state index in [1.807, 2.05) is 4.68 Å². The van der Waals surface area contributed by atoms with Crippen molar-refractivity contribution >= 4 is 0 Å². The molecule has 2 heterocycles. The van der Waals surface area contributed by atoms with E-state index in [0.29, 0.717) is 12.1 Å². The van der Waals surface area contributed by atoms with Crippen LogP contribution in [0.15, 0.2) is 12.3 Å². The summed E-state index contributed by atoms with van der Waals surface area (Å²) in [5.41, 5.74) is 1.18. The van der Waals surface area contributed by atoms with Crippen molar-refractivity contribution in [3.8, 4) is 0 Å². The van der Waals surface area contributed by atoms with E-state index in [1.165, 1.54) is 5.69 Å². The number of hydrogen-bond acceptors (Lipinski definition) is 3. The molecular formula is C12H22N4. The minimum Gasteiger partial charge on any atom is -0.314 e. The van der Waals surface area contributed by atoms with E-state index >= 15 is 0 Å². The summed E-state index contributed by atoms with van der Waals surface area (Å²) in [6.45, 7) is 10.9. The Bertz CT molecular complexity index is 332. The number of piperazine rings is 1. The van der Waals surface area contributed by atoms with E-state index in [0.717, 1.165) is 26.2 Å². The van der Waals surface area contributed by atoms with E-state index in [-0.39, 0.29) is 0 Å². The van der Waals surface area contributed by atoms with E-state index < -0.39 is 0 Å². The largest absolute Gasteiger partial charge is 0.314 e. The van der Waals surface area contributed by atoms with Crippen LogP contribution in [0.25, 0.3) is 0 Å². The van der Waals surface area contributed by atoms with E-state index in [2.05, 4.69) is 48.3 Å². The van der Waals surface area contributed by atoms with Gasteiger partial charge in [0.15, 0.2) is 0 Å². The maximum Gasteiger partial charge on any atom is 0.0765 e. The van der Waals surface area contributed by atoms with Crippen molar-refractivity contribution in [1.82, 2.24) is 20.0 Å². The van der Waals surface area contributed by atoms with Crippen molar-refractivity contribution in [2.75, 3.05) is 19.6 Å². The van der Waals surface area contributed by atoms with Gasteiger partial charge < -0.3 is 5.32 Å². The van der Waals surface area contributed by atoms with Crippen LogP contribution >= 0.6 is 0 Å². The van der Waals surface area contributed by atoms with Gasteiger partial charge in [-0.1, -0.05) is 0 Å². The molecule has 1 aliphatic rings. The molecule has 4 heteroatoms. The third-order valence-corrected chi connectivity index (χ3v) is 3.20. The first-order valence-electron chi connectivity index (χ1n) is 6.15. The van der Waals surface area contributed by atoms with Crippen molar-refractivity contribution in [2.24, 2.45) is 0 Å². The zero-order valence-electron chi connectivity index (χ0n) is 10.5. The van der Waals surface area contributed by atoms with Crippen molar-refractivity contribution in [1.29, 1.82) is 0 Å². The highest BCUT2D eigenvalue weighted by Crippen LogP contribution is 2.10. The summed E-state index contributed by atoms with van der Waals surface area (Å²) in [7, 11) is 0. The maximum atomic E-state index is 4.59. The zero-order valence-corrected chi connectivity index (χ0v) is 10.5. The van der Waals surface area contributed by atoms with Gasteiger partial charge in [0.25, 0.3) is 0 Å². The van der Waals surface area contributed by atoms with Crippen LogP contribution in [0, 0.1) is 0 Å². The lowest BCUT2D eigenvalue weighted by Gasteiger charge is -2.33. The van der Waals surface area contributed by atoms with Crippen LogP contribution in [0.2, 0.25) is 0 Å². The number of nitrogens with one attached hydrogen (secondary N) is 1. The van der Waals surface area contributed by atoms with Gasteiger partial charge in [-0.3, -0.25) is 9.58 Å². The molecule has 0 amide bonds. The third-order valence-electron chi connectivity index (χ3n) is 3.20. The van der Waals surface area contributed by atoms with E-state index in [1.54, 1.807) is 0 Å². The Hall–Kier alpha value is -0.870. The van der Waals surface area contributed by atoms with Gasteiger partial charge in [0.05, 0.1) is 5.69 Å². The van der Waals surface area contributed by atoms with Gasteiger partial charge >= 0.3 is 0 Å². The Kier molecular flexibility index (Phi) is 3.61. The van der Waals surface area contributed by atoms with Crippen LogP contribution in [0.3, 0.4) is 0 Å². The standard InChI is InChI=1S/C12H22N4/c1-10(2)16-6-4-12(14-16)9-15-7-5-13-8-11(15)3/h4,6,10-11,13H,5,7-9H2,1-3H3/t11-/m0/s1. The average molecular weight is 222 g/mol. The molecule has 4 nitrogen and oxygen atoms in total. The van der Waals surface area contributed by atoms with Crippen LogP contribution in [0.4, 0.5) is 0 Å². The minimum atomic E-state index is 0.453. The molecule has 1 aromatic heterocycles. The van der Waals surface area contributed by atoms with E-state index in [9.17, 15) is 0 Å². The average Bonchev–Trinajstić information content (AvgIpc) is 2.70. The molecule has 16 heavy (non-hydrogen) atoms. The molecule has 0 spiro atoms. The van der Waals surface area contributed by atoms with Crippen molar-refractivity contribution in [2.45, 2.75) is 39.4 Å². The smallest absolute Gasteiger partial charge is 0.0765 e. The molecule has 1 aromatic rings. The van der Waals surface area contributed by atoms with Crippen molar-refractivity contribution < 1.29 is 0 Å². The van der Waals surface area contributed by atoms with Gasteiger partial charge in [-0.2, -0.15) is 5.10 Å². The summed E-state index contributed by atoms with van der Waals surface area (Å²) < 4.78 is 2.03. The first-order valence-corrected chi connectivity index (χ1v) is 6.15. The van der Waals surface area contributed by atoms with Gasteiger partial charge in [-0.15, -0.1) is 0 Å². The molecule has 0 aromatic carbocycles. The molecule has 1 fully saturated rings. The molecule has 1 N–H and O–H groups in total. The van der Waals surface area contributed by atoms with E-state index in [4.69, 9.17) is 0 Å². The second kappa shape index (κ2) is 4.97. The summed E-state index contributed by atoms with van der Waals surface area (Å²) in [5, 5.41) is 8.00. The van der Waals surface area contributed by atoms with Crippen LogP contribution in [-0.2, 0) is 6.54 Å². The summed E-state index contributed by atoms with van der Waals surface area (Å²) in [4.78, 5) is 2.49. The lowest BCUT2D eigenvalue weighted by molar-refractivity contribution is 0.163. The zero-order chi connectivity index (χ0) is 11.5. The fourth-order valence-electron chi connectivity index (χ4n) is 2.08. The van der Waals surface area contributed by atoms with Gasteiger partial charge in [0.2, 0.25) is 0 Å². The Morgan fingerprint density at radius 1 is 1.56 bits per heavy atom. The van der Waals surface area contributed by atoms with Crippen molar-refractivity contribution in [3.63, 3.8) is 0 Å².